The van der Waals surface area contributed by atoms with Gasteiger partial charge in [-0.05, 0) is 53.1 Å². The van der Waals surface area contributed by atoms with Crippen LogP contribution in [0.15, 0.2) is 91.1 Å². The first-order valence-corrected chi connectivity index (χ1v) is 9.64. The summed E-state index contributed by atoms with van der Waals surface area (Å²) in [4.78, 5) is 6.68. The van der Waals surface area contributed by atoms with Gasteiger partial charge < -0.3 is 9.64 Å². The predicted molar refractivity (Wildman–Crippen MR) is 121 cm³/mol. The third-order valence-electron chi connectivity index (χ3n) is 5.07. The molecule has 0 saturated carbocycles. The molecule has 4 rings (SSSR count). The van der Waals surface area contributed by atoms with Crippen molar-refractivity contribution < 1.29 is 4.74 Å². The fraction of sp³-hybridized carbons (Fsp3) is 0.115. The largest absolute Gasteiger partial charge is 0.496 e. The summed E-state index contributed by atoms with van der Waals surface area (Å²) in [6, 6.07) is 29.3. The normalized spacial score (nSPS) is 10.6. The summed E-state index contributed by atoms with van der Waals surface area (Å²) in [6.45, 7) is 0. The minimum absolute atomic E-state index is 0.852. The number of hydrogen-bond donors (Lipinski definition) is 0. The summed E-state index contributed by atoms with van der Waals surface area (Å²) in [5, 5.41) is 0. The van der Waals surface area contributed by atoms with Gasteiger partial charge in [-0.1, -0.05) is 48.5 Å². The zero-order valence-electron chi connectivity index (χ0n) is 17.0. The van der Waals surface area contributed by atoms with E-state index in [1.54, 1.807) is 7.11 Å². The van der Waals surface area contributed by atoms with Crippen LogP contribution >= 0.6 is 0 Å². The van der Waals surface area contributed by atoms with Crippen molar-refractivity contribution >= 4 is 5.69 Å². The Kier molecular flexibility index (Phi) is 5.30. The van der Waals surface area contributed by atoms with Gasteiger partial charge in [0.1, 0.15) is 5.75 Å². The van der Waals surface area contributed by atoms with Gasteiger partial charge in [-0.15, -0.1) is 0 Å². The van der Waals surface area contributed by atoms with Crippen LogP contribution in [0.2, 0.25) is 0 Å². The summed E-state index contributed by atoms with van der Waals surface area (Å²) < 4.78 is 5.65. The van der Waals surface area contributed by atoms with Gasteiger partial charge >= 0.3 is 0 Å². The summed E-state index contributed by atoms with van der Waals surface area (Å²) in [7, 11) is 5.82. The molecule has 1 heterocycles. The van der Waals surface area contributed by atoms with Crippen LogP contribution in [0.4, 0.5) is 5.69 Å². The number of aromatic nitrogens is 1. The molecule has 0 amide bonds. The molecule has 0 aliphatic rings. The molecule has 0 saturated heterocycles. The lowest BCUT2D eigenvalue weighted by Gasteiger charge is -2.16. The van der Waals surface area contributed by atoms with E-state index in [-0.39, 0.29) is 0 Å². The first-order chi connectivity index (χ1) is 14.2. The van der Waals surface area contributed by atoms with Crippen LogP contribution in [-0.2, 0) is 0 Å². The van der Waals surface area contributed by atoms with E-state index in [2.05, 4.69) is 72.5 Å². The van der Waals surface area contributed by atoms with Crippen LogP contribution in [0.1, 0.15) is 0 Å². The average Bonchev–Trinajstić information content (AvgIpc) is 2.79. The highest BCUT2D eigenvalue weighted by molar-refractivity contribution is 5.88. The molecule has 0 unspecified atom stereocenters. The number of pyridine rings is 1. The standard InChI is InChI=1S/C26H24N2O/c1-28(2)21-14-11-19(12-15-21)20-13-16-22(25-9-6-7-17-27-25)24(18-20)23-8-4-5-10-26(23)29-3/h4-18H,1-3H3. The smallest absolute Gasteiger partial charge is 0.126 e. The Morgan fingerprint density at radius 1 is 0.690 bits per heavy atom. The van der Waals surface area contributed by atoms with E-state index in [0.717, 1.165) is 33.7 Å². The molecule has 0 aliphatic carbocycles. The Hall–Kier alpha value is -3.59. The number of methoxy groups -OCH3 is 1. The van der Waals surface area contributed by atoms with Gasteiger partial charge in [-0.2, -0.15) is 0 Å². The van der Waals surface area contributed by atoms with Crippen molar-refractivity contribution in [1.82, 2.24) is 4.98 Å². The third kappa shape index (κ3) is 3.85. The molecule has 0 bridgehead atoms. The maximum Gasteiger partial charge on any atom is 0.126 e. The molecule has 1 aromatic heterocycles. The van der Waals surface area contributed by atoms with Gasteiger partial charge in [0.25, 0.3) is 0 Å². The van der Waals surface area contributed by atoms with Crippen molar-refractivity contribution in [1.29, 1.82) is 0 Å². The number of hydrogen-bond acceptors (Lipinski definition) is 3. The van der Waals surface area contributed by atoms with Crippen LogP contribution in [0, 0.1) is 0 Å². The van der Waals surface area contributed by atoms with Crippen LogP contribution < -0.4 is 9.64 Å². The number of nitrogens with zero attached hydrogens (tertiary/aromatic N) is 2. The number of benzene rings is 3. The molecule has 0 N–H and O–H groups in total. The van der Waals surface area contributed by atoms with E-state index in [1.807, 2.05) is 42.6 Å². The first-order valence-electron chi connectivity index (χ1n) is 9.64. The summed E-state index contributed by atoms with van der Waals surface area (Å²) in [6.07, 6.45) is 1.83. The van der Waals surface area contributed by atoms with Gasteiger partial charge in [0.15, 0.2) is 0 Å². The number of para-hydroxylation sites is 1. The maximum absolute atomic E-state index is 5.65. The molecule has 4 aromatic rings. The van der Waals surface area contributed by atoms with Crippen molar-refractivity contribution in [2.75, 3.05) is 26.1 Å². The second-order valence-corrected chi connectivity index (χ2v) is 7.12. The van der Waals surface area contributed by atoms with Crippen LogP contribution in [0.25, 0.3) is 33.5 Å². The van der Waals surface area contributed by atoms with E-state index in [1.165, 1.54) is 11.3 Å². The van der Waals surface area contributed by atoms with Crippen LogP contribution in [0.5, 0.6) is 5.75 Å². The van der Waals surface area contributed by atoms with Gasteiger partial charge in [0.05, 0.1) is 12.8 Å². The van der Waals surface area contributed by atoms with E-state index in [9.17, 15) is 0 Å². The molecule has 144 valence electrons. The predicted octanol–water partition coefficient (Wildman–Crippen LogP) is 6.16. The molecular weight excluding hydrogens is 356 g/mol. The molecule has 3 aromatic carbocycles. The van der Waals surface area contributed by atoms with Gasteiger partial charge in [0, 0.05) is 37.1 Å². The van der Waals surface area contributed by atoms with Gasteiger partial charge in [-0.25, -0.2) is 0 Å². The first kappa shape index (κ1) is 18.8. The third-order valence-corrected chi connectivity index (χ3v) is 5.07. The Morgan fingerprint density at radius 2 is 1.41 bits per heavy atom. The maximum atomic E-state index is 5.65. The van der Waals surface area contributed by atoms with Crippen LogP contribution in [-0.4, -0.2) is 26.2 Å². The van der Waals surface area contributed by atoms with E-state index < -0.39 is 0 Å². The van der Waals surface area contributed by atoms with Gasteiger partial charge in [0.2, 0.25) is 0 Å². The molecule has 0 fully saturated rings. The second-order valence-electron chi connectivity index (χ2n) is 7.12. The van der Waals surface area contributed by atoms with Gasteiger partial charge in [-0.3, -0.25) is 4.98 Å². The van der Waals surface area contributed by atoms with Crippen molar-refractivity contribution in [3.63, 3.8) is 0 Å². The highest BCUT2D eigenvalue weighted by Crippen LogP contribution is 2.39. The molecule has 0 aliphatic heterocycles. The Labute approximate surface area is 172 Å². The topological polar surface area (TPSA) is 25.4 Å². The van der Waals surface area contributed by atoms with E-state index in [0.29, 0.717) is 0 Å². The second kappa shape index (κ2) is 8.19. The average molecular weight is 380 g/mol. The SMILES string of the molecule is COc1ccccc1-c1cc(-c2ccc(N(C)C)cc2)ccc1-c1ccccn1. The van der Waals surface area contributed by atoms with E-state index in [4.69, 9.17) is 4.74 Å². The summed E-state index contributed by atoms with van der Waals surface area (Å²) in [5.41, 5.74) is 7.73. The lowest BCUT2D eigenvalue weighted by atomic mass is 9.92. The molecule has 3 heteroatoms. The van der Waals surface area contributed by atoms with Crippen molar-refractivity contribution in [2.24, 2.45) is 0 Å². The lowest BCUT2D eigenvalue weighted by Crippen LogP contribution is -2.07. The van der Waals surface area contributed by atoms with E-state index >= 15 is 0 Å². The summed E-state index contributed by atoms with van der Waals surface area (Å²) >= 11 is 0. The zero-order chi connectivity index (χ0) is 20.2. The van der Waals surface area contributed by atoms with Crippen LogP contribution in [0.3, 0.4) is 0 Å². The molecule has 29 heavy (non-hydrogen) atoms. The minimum Gasteiger partial charge on any atom is -0.496 e. The van der Waals surface area contributed by atoms with Crippen molar-refractivity contribution in [2.45, 2.75) is 0 Å². The highest BCUT2D eigenvalue weighted by Gasteiger charge is 2.14. The summed E-state index contributed by atoms with van der Waals surface area (Å²) in [5.74, 6) is 0.852. The Bertz CT molecular complexity index is 1100. The number of rotatable bonds is 5. The van der Waals surface area contributed by atoms with Crippen molar-refractivity contribution in [3.05, 3.63) is 91.1 Å². The quantitative estimate of drug-likeness (QED) is 0.415. The Balaban J connectivity index is 1.89. The fourth-order valence-corrected chi connectivity index (χ4v) is 3.51. The fourth-order valence-electron chi connectivity index (χ4n) is 3.51. The molecule has 3 nitrogen and oxygen atoms in total. The number of anilines is 1. The molecule has 0 radical (unpaired) electrons. The monoisotopic (exact) mass is 380 g/mol. The molecular formula is C26H24N2O. The minimum atomic E-state index is 0.852. The Morgan fingerprint density at radius 3 is 2.10 bits per heavy atom. The number of ether oxygens (including phenoxy) is 1. The van der Waals surface area contributed by atoms with Crippen molar-refractivity contribution in [3.8, 4) is 39.3 Å². The molecule has 0 spiro atoms. The lowest BCUT2D eigenvalue weighted by molar-refractivity contribution is 0.416. The highest BCUT2D eigenvalue weighted by atomic mass is 16.5. The zero-order valence-corrected chi connectivity index (χ0v) is 17.0. The molecule has 0 atom stereocenters.